The summed E-state index contributed by atoms with van der Waals surface area (Å²) in [5.41, 5.74) is 6.11. The van der Waals surface area contributed by atoms with E-state index in [-0.39, 0.29) is 17.3 Å². The van der Waals surface area contributed by atoms with Crippen LogP contribution in [0.3, 0.4) is 0 Å². The topological polar surface area (TPSA) is 75.4 Å². The Bertz CT molecular complexity index is 583. The maximum absolute atomic E-state index is 11.8. The van der Waals surface area contributed by atoms with Gasteiger partial charge in [-0.15, -0.1) is 11.3 Å². The number of amides is 1. The summed E-state index contributed by atoms with van der Waals surface area (Å²) in [5.74, 6) is -0.328. The van der Waals surface area contributed by atoms with Crippen molar-refractivity contribution in [3.05, 3.63) is 44.6 Å². The highest BCUT2D eigenvalue weighted by molar-refractivity contribution is 9.10. The fraction of sp³-hybridized carbons (Fsp3) is 0.0833. The van der Waals surface area contributed by atoms with Crippen molar-refractivity contribution in [3.63, 3.8) is 0 Å². The lowest BCUT2D eigenvalue weighted by atomic mass is 10.2. The summed E-state index contributed by atoms with van der Waals surface area (Å²) in [5, 5.41) is 14.2. The quantitative estimate of drug-likeness (QED) is 0.599. The van der Waals surface area contributed by atoms with Gasteiger partial charge in [0.1, 0.15) is 5.75 Å². The SMILES string of the molecule is Nc1ccc(C(=O)NCc2sccc2Br)cc1O. The molecule has 0 unspecified atom stereocenters. The summed E-state index contributed by atoms with van der Waals surface area (Å²) in [4.78, 5) is 12.9. The van der Waals surface area contributed by atoms with Gasteiger partial charge in [-0.1, -0.05) is 0 Å². The molecule has 18 heavy (non-hydrogen) atoms. The molecule has 2 rings (SSSR count). The molecule has 1 aromatic heterocycles. The van der Waals surface area contributed by atoms with E-state index < -0.39 is 0 Å². The third-order valence-electron chi connectivity index (χ3n) is 2.39. The molecule has 0 bridgehead atoms. The van der Waals surface area contributed by atoms with Crippen molar-refractivity contribution in [2.24, 2.45) is 0 Å². The number of hydrogen-bond acceptors (Lipinski definition) is 4. The number of anilines is 1. The number of rotatable bonds is 3. The van der Waals surface area contributed by atoms with Gasteiger partial charge in [0.15, 0.2) is 0 Å². The first-order chi connectivity index (χ1) is 8.58. The second kappa shape index (κ2) is 5.41. The maximum Gasteiger partial charge on any atom is 0.251 e. The van der Waals surface area contributed by atoms with E-state index in [1.54, 1.807) is 17.4 Å². The van der Waals surface area contributed by atoms with Crippen molar-refractivity contribution in [1.29, 1.82) is 0 Å². The van der Waals surface area contributed by atoms with Gasteiger partial charge in [-0.3, -0.25) is 4.79 Å². The van der Waals surface area contributed by atoms with Crippen LogP contribution in [0.1, 0.15) is 15.2 Å². The van der Waals surface area contributed by atoms with E-state index in [1.807, 2.05) is 11.4 Å². The maximum atomic E-state index is 11.8. The van der Waals surface area contributed by atoms with Crippen molar-refractivity contribution in [2.75, 3.05) is 5.73 Å². The van der Waals surface area contributed by atoms with Gasteiger partial charge in [0.25, 0.3) is 5.91 Å². The van der Waals surface area contributed by atoms with Gasteiger partial charge in [0, 0.05) is 14.9 Å². The molecule has 0 aliphatic heterocycles. The van der Waals surface area contributed by atoms with Crippen molar-refractivity contribution in [2.45, 2.75) is 6.54 Å². The fourth-order valence-electron chi connectivity index (χ4n) is 1.40. The molecule has 4 N–H and O–H groups in total. The molecule has 0 saturated heterocycles. The Morgan fingerprint density at radius 2 is 2.22 bits per heavy atom. The number of carbonyl (C=O) groups is 1. The molecular weight excluding hydrogens is 316 g/mol. The predicted molar refractivity (Wildman–Crippen MR) is 75.7 cm³/mol. The number of aromatic hydroxyl groups is 1. The number of halogens is 1. The number of nitrogen functional groups attached to an aromatic ring is 1. The van der Waals surface area contributed by atoms with E-state index >= 15 is 0 Å². The van der Waals surface area contributed by atoms with Gasteiger partial charge < -0.3 is 16.2 Å². The zero-order chi connectivity index (χ0) is 13.1. The van der Waals surface area contributed by atoms with Crippen LogP contribution in [0.25, 0.3) is 0 Å². The van der Waals surface area contributed by atoms with Crippen molar-refractivity contribution in [1.82, 2.24) is 5.32 Å². The zero-order valence-corrected chi connectivity index (χ0v) is 11.7. The number of nitrogens with one attached hydrogen (secondary N) is 1. The number of phenols is 1. The first kappa shape index (κ1) is 12.9. The van der Waals surface area contributed by atoms with Crippen LogP contribution in [-0.4, -0.2) is 11.0 Å². The van der Waals surface area contributed by atoms with Crippen LogP contribution in [-0.2, 0) is 6.54 Å². The summed E-state index contributed by atoms with van der Waals surface area (Å²) in [6.07, 6.45) is 0. The van der Waals surface area contributed by atoms with Crippen molar-refractivity contribution in [3.8, 4) is 5.75 Å². The van der Waals surface area contributed by atoms with E-state index in [2.05, 4.69) is 21.2 Å². The number of hydrogen-bond donors (Lipinski definition) is 3. The third-order valence-corrected chi connectivity index (χ3v) is 4.32. The lowest BCUT2D eigenvalue weighted by molar-refractivity contribution is 0.0951. The Kier molecular flexibility index (Phi) is 3.88. The molecule has 0 radical (unpaired) electrons. The van der Waals surface area contributed by atoms with Crippen LogP contribution in [0.15, 0.2) is 34.1 Å². The highest BCUT2D eigenvalue weighted by Crippen LogP contribution is 2.23. The summed E-state index contributed by atoms with van der Waals surface area (Å²) in [7, 11) is 0. The Balaban J connectivity index is 2.04. The Hall–Kier alpha value is -1.53. The van der Waals surface area contributed by atoms with E-state index in [0.29, 0.717) is 12.1 Å². The molecule has 0 aliphatic carbocycles. The van der Waals surface area contributed by atoms with Crippen LogP contribution in [0.4, 0.5) is 5.69 Å². The monoisotopic (exact) mass is 326 g/mol. The molecule has 1 heterocycles. The van der Waals surface area contributed by atoms with Gasteiger partial charge in [0.05, 0.1) is 12.2 Å². The van der Waals surface area contributed by atoms with Gasteiger partial charge in [-0.05, 0) is 45.6 Å². The Morgan fingerprint density at radius 3 is 2.83 bits per heavy atom. The zero-order valence-electron chi connectivity index (χ0n) is 9.31. The minimum atomic E-state index is -0.245. The summed E-state index contributed by atoms with van der Waals surface area (Å²) < 4.78 is 0.980. The Morgan fingerprint density at radius 1 is 1.44 bits per heavy atom. The molecular formula is C12H11BrN2O2S. The molecule has 0 saturated carbocycles. The second-order valence-electron chi connectivity index (χ2n) is 3.65. The number of thiophene rings is 1. The van der Waals surface area contributed by atoms with Gasteiger partial charge in [0.2, 0.25) is 0 Å². The molecule has 0 aliphatic rings. The van der Waals surface area contributed by atoms with Gasteiger partial charge in [-0.25, -0.2) is 0 Å². The van der Waals surface area contributed by atoms with Crippen LogP contribution in [0.5, 0.6) is 5.75 Å². The number of benzene rings is 1. The number of nitrogens with two attached hydrogens (primary N) is 1. The summed E-state index contributed by atoms with van der Waals surface area (Å²) >= 11 is 4.96. The molecule has 4 nitrogen and oxygen atoms in total. The van der Waals surface area contributed by atoms with E-state index in [1.165, 1.54) is 12.1 Å². The highest BCUT2D eigenvalue weighted by atomic mass is 79.9. The number of phenolic OH excluding ortho intramolecular Hbond substituents is 1. The first-order valence-electron chi connectivity index (χ1n) is 5.16. The second-order valence-corrected chi connectivity index (χ2v) is 5.50. The van der Waals surface area contributed by atoms with Crippen molar-refractivity contribution >= 4 is 38.9 Å². The largest absolute Gasteiger partial charge is 0.506 e. The van der Waals surface area contributed by atoms with Gasteiger partial charge in [-0.2, -0.15) is 0 Å². The smallest absolute Gasteiger partial charge is 0.251 e. The molecule has 1 amide bonds. The minimum absolute atomic E-state index is 0.0834. The molecule has 6 heteroatoms. The van der Waals surface area contributed by atoms with E-state index in [0.717, 1.165) is 9.35 Å². The third kappa shape index (κ3) is 2.83. The average Bonchev–Trinajstić information content (AvgIpc) is 2.75. The van der Waals surface area contributed by atoms with E-state index in [4.69, 9.17) is 5.73 Å². The molecule has 1 aromatic carbocycles. The molecule has 0 atom stereocenters. The van der Waals surface area contributed by atoms with Gasteiger partial charge >= 0.3 is 0 Å². The Labute approximate surface area is 117 Å². The minimum Gasteiger partial charge on any atom is -0.506 e. The van der Waals surface area contributed by atoms with Crippen LogP contribution in [0.2, 0.25) is 0 Å². The molecule has 2 aromatic rings. The summed E-state index contributed by atoms with van der Waals surface area (Å²) in [6, 6.07) is 6.37. The van der Waals surface area contributed by atoms with Crippen LogP contribution >= 0.6 is 27.3 Å². The van der Waals surface area contributed by atoms with Crippen LogP contribution in [0, 0.1) is 0 Å². The van der Waals surface area contributed by atoms with E-state index in [9.17, 15) is 9.90 Å². The fourth-order valence-corrected chi connectivity index (χ4v) is 2.83. The number of carbonyl (C=O) groups excluding carboxylic acids is 1. The van der Waals surface area contributed by atoms with Crippen molar-refractivity contribution < 1.29 is 9.90 Å². The van der Waals surface area contributed by atoms with Crippen LogP contribution < -0.4 is 11.1 Å². The lowest BCUT2D eigenvalue weighted by Gasteiger charge is -2.06. The molecule has 0 fully saturated rings. The normalized spacial score (nSPS) is 10.3. The predicted octanol–water partition coefficient (Wildman–Crippen LogP) is 2.73. The molecule has 0 spiro atoms. The first-order valence-corrected chi connectivity index (χ1v) is 6.84. The standard InChI is InChI=1S/C12H11BrN2O2S/c13-8-3-4-18-11(8)6-15-12(17)7-1-2-9(14)10(16)5-7/h1-5,16H,6,14H2,(H,15,17). The summed E-state index contributed by atoms with van der Waals surface area (Å²) in [6.45, 7) is 0.447. The molecule has 94 valence electrons. The lowest BCUT2D eigenvalue weighted by Crippen LogP contribution is -2.22. The highest BCUT2D eigenvalue weighted by Gasteiger charge is 2.09. The average molecular weight is 327 g/mol.